The number of rotatable bonds is 3. The van der Waals surface area contributed by atoms with Crippen LogP contribution in [0.1, 0.15) is 11.1 Å². The maximum Gasteiger partial charge on any atom is 0.267 e. The van der Waals surface area contributed by atoms with Crippen molar-refractivity contribution in [3.05, 3.63) is 46.8 Å². The molecule has 0 aliphatic heterocycles. The van der Waals surface area contributed by atoms with Crippen molar-refractivity contribution in [3.8, 4) is 6.07 Å². The predicted octanol–water partition coefficient (Wildman–Crippen LogP) is 0.593. The first kappa shape index (κ1) is 12.5. The van der Waals surface area contributed by atoms with E-state index < -0.39 is 5.91 Å². The lowest BCUT2D eigenvalue weighted by atomic mass is 10.2. The molecule has 86 valence electrons. The summed E-state index contributed by atoms with van der Waals surface area (Å²) in [4.78, 5) is 14.6. The molecule has 5 nitrogen and oxygen atoms in total. The fourth-order valence-corrected chi connectivity index (χ4v) is 1.07. The molecule has 0 atom stereocenters. The van der Waals surface area contributed by atoms with Crippen LogP contribution in [0.2, 0.25) is 0 Å². The third-order valence-electron chi connectivity index (χ3n) is 2.05. The van der Waals surface area contributed by atoms with Crippen molar-refractivity contribution in [1.82, 2.24) is 0 Å². The fourth-order valence-electron chi connectivity index (χ4n) is 1.07. The Kier molecular flexibility index (Phi) is 4.01. The molecule has 5 heteroatoms. The fraction of sp³-hybridized carbons (Fsp3) is 0.0833. The Morgan fingerprint density at radius 1 is 1.35 bits per heavy atom. The van der Waals surface area contributed by atoms with Gasteiger partial charge in [-0.05, 0) is 12.5 Å². The van der Waals surface area contributed by atoms with Gasteiger partial charge in [0.2, 0.25) is 0 Å². The molecule has 1 amide bonds. The molecule has 0 radical (unpaired) electrons. The number of hydrogen-bond acceptors (Lipinski definition) is 4. The van der Waals surface area contributed by atoms with Gasteiger partial charge in [-0.2, -0.15) is 5.26 Å². The number of allylic oxidation sites excluding steroid dienone is 1. The first-order valence-corrected chi connectivity index (χ1v) is 4.85. The highest BCUT2D eigenvalue weighted by Gasteiger charge is 2.06. The number of primary amides is 1. The predicted molar refractivity (Wildman–Crippen MR) is 64.8 cm³/mol. The number of nitriles is 1. The Labute approximate surface area is 99.1 Å². The summed E-state index contributed by atoms with van der Waals surface area (Å²) in [7, 11) is 0. The van der Waals surface area contributed by atoms with Gasteiger partial charge in [0.25, 0.3) is 5.91 Å². The van der Waals surface area contributed by atoms with Crippen LogP contribution in [-0.4, -0.2) is 12.1 Å². The number of carbonyl (C=O) groups excluding carboxylic acids is 1. The number of nitrogens with zero attached hydrogens (tertiary/aromatic N) is 2. The molecule has 0 aliphatic rings. The van der Waals surface area contributed by atoms with Gasteiger partial charge < -0.3 is 11.5 Å². The van der Waals surface area contributed by atoms with Gasteiger partial charge in [-0.15, -0.1) is 0 Å². The molecule has 0 spiro atoms. The number of hydrogen-bond donors (Lipinski definition) is 2. The van der Waals surface area contributed by atoms with E-state index in [9.17, 15) is 4.79 Å². The lowest BCUT2D eigenvalue weighted by Gasteiger charge is -1.96. The van der Waals surface area contributed by atoms with Gasteiger partial charge in [-0.25, -0.2) is 4.99 Å². The van der Waals surface area contributed by atoms with Crippen molar-refractivity contribution in [3.63, 3.8) is 0 Å². The van der Waals surface area contributed by atoms with E-state index >= 15 is 0 Å². The molecule has 1 aromatic carbocycles. The topological polar surface area (TPSA) is 105 Å². The van der Waals surface area contributed by atoms with Gasteiger partial charge in [0, 0.05) is 6.21 Å². The number of aliphatic imine (C=N–C) groups is 1. The molecule has 0 saturated carbocycles. The van der Waals surface area contributed by atoms with Gasteiger partial charge in [0.1, 0.15) is 11.8 Å². The maximum absolute atomic E-state index is 10.8. The number of benzene rings is 1. The van der Waals surface area contributed by atoms with Crippen LogP contribution in [0.5, 0.6) is 0 Å². The van der Waals surface area contributed by atoms with Crippen LogP contribution in [0.15, 0.2) is 40.7 Å². The van der Waals surface area contributed by atoms with E-state index in [-0.39, 0.29) is 11.4 Å². The van der Waals surface area contributed by atoms with Crippen molar-refractivity contribution in [2.75, 3.05) is 0 Å². The lowest BCUT2D eigenvalue weighted by molar-refractivity contribution is -0.114. The molecule has 1 rings (SSSR count). The summed E-state index contributed by atoms with van der Waals surface area (Å²) in [6.07, 6.45) is 1.45. The smallest absolute Gasteiger partial charge is 0.267 e. The maximum atomic E-state index is 10.8. The minimum Gasteiger partial charge on any atom is -0.392 e. The van der Waals surface area contributed by atoms with Gasteiger partial charge in [-0.1, -0.05) is 29.8 Å². The average Bonchev–Trinajstić information content (AvgIpc) is 2.31. The Morgan fingerprint density at radius 3 is 2.41 bits per heavy atom. The van der Waals surface area contributed by atoms with Gasteiger partial charge in [-0.3, -0.25) is 4.79 Å². The summed E-state index contributed by atoms with van der Waals surface area (Å²) in [6.45, 7) is 1.96. The average molecular weight is 228 g/mol. The minimum absolute atomic E-state index is 0.182. The Bertz CT molecular complexity index is 520. The molecule has 0 aliphatic carbocycles. The zero-order valence-corrected chi connectivity index (χ0v) is 9.34. The Hall–Kier alpha value is -2.61. The van der Waals surface area contributed by atoms with E-state index in [1.165, 1.54) is 6.21 Å². The molecule has 0 unspecified atom stereocenters. The summed E-state index contributed by atoms with van der Waals surface area (Å²) in [5.74, 6) is -0.859. The van der Waals surface area contributed by atoms with E-state index in [1.54, 1.807) is 6.07 Å². The third kappa shape index (κ3) is 3.47. The van der Waals surface area contributed by atoms with Crippen LogP contribution >= 0.6 is 0 Å². The van der Waals surface area contributed by atoms with E-state index in [2.05, 4.69) is 4.99 Å². The highest BCUT2D eigenvalue weighted by atomic mass is 16.1. The normalized spacial score (nSPS) is 12.0. The zero-order valence-electron chi connectivity index (χ0n) is 9.34. The summed E-state index contributed by atoms with van der Waals surface area (Å²) in [5, 5.41) is 8.76. The molecule has 17 heavy (non-hydrogen) atoms. The summed E-state index contributed by atoms with van der Waals surface area (Å²) < 4.78 is 0. The van der Waals surface area contributed by atoms with E-state index in [0.717, 1.165) is 11.1 Å². The van der Waals surface area contributed by atoms with Gasteiger partial charge in [0.05, 0.1) is 0 Å². The van der Waals surface area contributed by atoms with E-state index in [4.69, 9.17) is 16.7 Å². The summed E-state index contributed by atoms with van der Waals surface area (Å²) in [6, 6.07) is 9.23. The van der Waals surface area contributed by atoms with Crippen LogP contribution in [0.4, 0.5) is 0 Å². The van der Waals surface area contributed by atoms with Crippen LogP contribution in [0.25, 0.3) is 0 Å². The number of nitrogens with two attached hydrogens (primary N) is 2. The van der Waals surface area contributed by atoms with Crippen LogP contribution < -0.4 is 11.5 Å². The highest BCUT2D eigenvalue weighted by molar-refractivity contribution is 5.93. The quantitative estimate of drug-likeness (QED) is 0.449. The lowest BCUT2D eigenvalue weighted by Crippen LogP contribution is -2.21. The van der Waals surface area contributed by atoms with Crippen molar-refractivity contribution < 1.29 is 4.79 Å². The zero-order chi connectivity index (χ0) is 12.8. The Balaban J connectivity index is 2.98. The second-order valence-electron chi connectivity index (χ2n) is 3.41. The highest BCUT2D eigenvalue weighted by Crippen LogP contribution is 2.03. The molecule has 0 heterocycles. The van der Waals surface area contributed by atoms with E-state index in [0.29, 0.717) is 0 Å². The number of carbonyl (C=O) groups is 1. The monoisotopic (exact) mass is 228 g/mol. The number of aryl methyl sites for hydroxylation is 1. The van der Waals surface area contributed by atoms with Crippen molar-refractivity contribution in [1.29, 1.82) is 5.26 Å². The van der Waals surface area contributed by atoms with Crippen molar-refractivity contribution >= 4 is 12.1 Å². The summed E-state index contributed by atoms with van der Waals surface area (Å²) in [5.41, 5.74) is 11.7. The van der Waals surface area contributed by atoms with Gasteiger partial charge >= 0.3 is 0 Å². The third-order valence-corrected chi connectivity index (χ3v) is 2.05. The molecule has 0 saturated heterocycles. The SMILES string of the molecule is Cc1ccc(C=N/C(C#N)=C(\N)C(N)=O)cc1. The second kappa shape index (κ2) is 5.47. The second-order valence-corrected chi connectivity index (χ2v) is 3.41. The molecular formula is C12H12N4O. The first-order valence-electron chi connectivity index (χ1n) is 4.85. The first-order chi connectivity index (χ1) is 8.04. The van der Waals surface area contributed by atoms with Crippen molar-refractivity contribution in [2.45, 2.75) is 6.92 Å². The van der Waals surface area contributed by atoms with Crippen LogP contribution in [-0.2, 0) is 4.79 Å². The molecule has 4 N–H and O–H groups in total. The molecule has 0 bridgehead atoms. The molecule has 1 aromatic rings. The van der Waals surface area contributed by atoms with E-state index in [1.807, 2.05) is 31.2 Å². The minimum atomic E-state index is -0.859. The number of amides is 1. The summed E-state index contributed by atoms with van der Waals surface area (Å²) >= 11 is 0. The molecule has 0 fully saturated rings. The Morgan fingerprint density at radius 2 is 1.94 bits per heavy atom. The van der Waals surface area contributed by atoms with Crippen molar-refractivity contribution in [2.24, 2.45) is 16.5 Å². The standard InChI is InChI=1S/C12H12N4O/c1-8-2-4-9(5-3-8)7-16-10(6-13)11(14)12(15)17/h2-5,7H,14H2,1H3,(H2,15,17)/b11-10-,16-7?. The molecule has 0 aromatic heterocycles. The van der Waals surface area contributed by atoms with Crippen LogP contribution in [0, 0.1) is 18.3 Å². The van der Waals surface area contributed by atoms with Gasteiger partial charge in [0.15, 0.2) is 5.70 Å². The van der Waals surface area contributed by atoms with Crippen LogP contribution in [0.3, 0.4) is 0 Å². The largest absolute Gasteiger partial charge is 0.392 e. The molecular weight excluding hydrogens is 216 g/mol.